The molecule has 27 heavy (non-hydrogen) atoms. The second-order valence-corrected chi connectivity index (χ2v) is 7.65. The maximum atomic E-state index is 12.4. The molecule has 2 aliphatic heterocycles. The summed E-state index contributed by atoms with van der Waals surface area (Å²) in [5.41, 5.74) is 1.30. The number of hydrogen-bond donors (Lipinski definition) is 2. The van der Waals surface area contributed by atoms with E-state index in [1.165, 1.54) is 5.56 Å². The highest BCUT2D eigenvalue weighted by atomic mass is 16.2. The fourth-order valence-corrected chi connectivity index (χ4v) is 3.88. The van der Waals surface area contributed by atoms with Crippen LogP contribution in [0.2, 0.25) is 0 Å². The van der Waals surface area contributed by atoms with E-state index in [2.05, 4.69) is 39.8 Å². The van der Waals surface area contributed by atoms with Gasteiger partial charge in [-0.25, -0.2) is 0 Å². The normalized spacial score (nSPS) is 19.0. The van der Waals surface area contributed by atoms with Crippen LogP contribution in [0.3, 0.4) is 0 Å². The Morgan fingerprint density at radius 1 is 1.04 bits per heavy atom. The van der Waals surface area contributed by atoms with E-state index in [1.54, 1.807) is 0 Å². The van der Waals surface area contributed by atoms with Crippen LogP contribution < -0.4 is 10.6 Å². The van der Waals surface area contributed by atoms with Gasteiger partial charge < -0.3 is 15.5 Å². The zero-order chi connectivity index (χ0) is 18.9. The van der Waals surface area contributed by atoms with E-state index in [9.17, 15) is 9.59 Å². The van der Waals surface area contributed by atoms with E-state index in [0.29, 0.717) is 12.3 Å². The van der Waals surface area contributed by atoms with Crippen molar-refractivity contribution < 1.29 is 9.59 Å². The molecule has 0 atom stereocenters. The Morgan fingerprint density at radius 3 is 2.44 bits per heavy atom. The van der Waals surface area contributed by atoms with Crippen LogP contribution >= 0.6 is 0 Å². The Kier molecular flexibility index (Phi) is 7.66. The summed E-state index contributed by atoms with van der Waals surface area (Å²) in [6.45, 7) is 6.39. The number of carbonyl (C=O) groups is 2. The largest absolute Gasteiger partial charge is 0.347 e. The molecule has 2 aliphatic rings. The zero-order valence-electron chi connectivity index (χ0n) is 16.2. The van der Waals surface area contributed by atoms with Crippen LogP contribution in [0.5, 0.6) is 0 Å². The Bertz CT molecular complexity index is 593. The first-order chi connectivity index (χ1) is 13.2. The van der Waals surface area contributed by atoms with Gasteiger partial charge in [0.05, 0.1) is 6.54 Å². The monoisotopic (exact) mass is 372 g/mol. The lowest BCUT2D eigenvalue weighted by Crippen LogP contribution is -2.50. The molecule has 0 saturated carbocycles. The number of nitrogens with zero attached hydrogens (tertiary/aromatic N) is 2. The molecule has 0 aliphatic carbocycles. The summed E-state index contributed by atoms with van der Waals surface area (Å²) >= 11 is 0. The number of rotatable bonds is 7. The lowest BCUT2D eigenvalue weighted by Gasteiger charge is -2.34. The van der Waals surface area contributed by atoms with Crippen molar-refractivity contribution in [1.82, 2.24) is 20.4 Å². The molecule has 2 amide bonds. The van der Waals surface area contributed by atoms with Crippen molar-refractivity contribution >= 4 is 11.8 Å². The van der Waals surface area contributed by atoms with Gasteiger partial charge in [-0.05, 0) is 43.8 Å². The van der Waals surface area contributed by atoms with Gasteiger partial charge in [-0.1, -0.05) is 30.3 Å². The van der Waals surface area contributed by atoms with E-state index in [0.717, 1.165) is 65.1 Å². The molecule has 1 aromatic carbocycles. The van der Waals surface area contributed by atoms with Crippen molar-refractivity contribution in [2.24, 2.45) is 5.92 Å². The number of piperidine rings is 1. The third-order valence-electron chi connectivity index (χ3n) is 5.65. The highest BCUT2D eigenvalue weighted by Crippen LogP contribution is 2.17. The van der Waals surface area contributed by atoms with Crippen molar-refractivity contribution in [3.63, 3.8) is 0 Å². The average molecular weight is 373 g/mol. The minimum atomic E-state index is 0.00426. The molecule has 2 fully saturated rings. The van der Waals surface area contributed by atoms with Gasteiger partial charge in [0.15, 0.2) is 0 Å². The fraction of sp³-hybridized carbons (Fsp3) is 0.619. The molecule has 2 saturated heterocycles. The standard InChI is InChI=1S/C21H32N4O2/c26-20(7-6-18-8-10-22-11-9-18)23-16-21(27)25-14-12-24(13-15-25)17-19-4-2-1-3-5-19/h1-5,18,22H,6-17H2,(H,23,26). The minimum Gasteiger partial charge on any atom is -0.347 e. The van der Waals surface area contributed by atoms with Gasteiger partial charge in [0, 0.05) is 39.1 Å². The van der Waals surface area contributed by atoms with Crippen LogP contribution in [-0.4, -0.2) is 67.4 Å². The van der Waals surface area contributed by atoms with E-state index in [-0.39, 0.29) is 18.4 Å². The van der Waals surface area contributed by atoms with Gasteiger partial charge in [-0.2, -0.15) is 0 Å². The van der Waals surface area contributed by atoms with E-state index in [4.69, 9.17) is 0 Å². The van der Waals surface area contributed by atoms with Crippen molar-refractivity contribution in [3.8, 4) is 0 Å². The molecule has 1 aromatic rings. The Hall–Kier alpha value is -1.92. The number of piperazine rings is 1. The summed E-state index contributed by atoms with van der Waals surface area (Å²) in [5, 5.41) is 6.15. The van der Waals surface area contributed by atoms with Crippen LogP contribution in [-0.2, 0) is 16.1 Å². The highest BCUT2D eigenvalue weighted by molar-refractivity contribution is 5.84. The smallest absolute Gasteiger partial charge is 0.242 e. The molecular formula is C21H32N4O2. The van der Waals surface area contributed by atoms with Crippen LogP contribution in [0, 0.1) is 5.92 Å². The highest BCUT2D eigenvalue weighted by Gasteiger charge is 2.21. The lowest BCUT2D eigenvalue weighted by atomic mass is 9.93. The molecule has 3 rings (SSSR count). The van der Waals surface area contributed by atoms with Crippen molar-refractivity contribution in [2.75, 3.05) is 45.8 Å². The van der Waals surface area contributed by atoms with E-state index < -0.39 is 0 Å². The van der Waals surface area contributed by atoms with Crippen LogP contribution in [0.4, 0.5) is 0 Å². The number of nitrogens with one attached hydrogen (secondary N) is 2. The molecule has 0 bridgehead atoms. The van der Waals surface area contributed by atoms with Gasteiger partial charge in [0.1, 0.15) is 0 Å². The second kappa shape index (κ2) is 10.4. The number of amides is 2. The first-order valence-electron chi connectivity index (χ1n) is 10.2. The third-order valence-corrected chi connectivity index (χ3v) is 5.65. The molecule has 2 N–H and O–H groups in total. The predicted molar refractivity (Wildman–Crippen MR) is 106 cm³/mol. The number of benzene rings is 1. The maximum absolute atomic E-state index is 12.4. The Labute approximate surface area is 162 Å². The first kappa shape index (κ1) is 19.8. The van der Waals surface area contributed by atoms with Crippen LogP contribution in [0.15, 0.2) is 30.3 Å². The van der Waals surface area contributed by atoms with Crippen molar-refractivity contribution in [3.05, 3.63) is 35.9 Å². The summed E-state index contributed by atoms with van der Waals surface area (Å²) in [6.07, 6.45) is 3.77. The SMILES string of the molecule is O=C(CCC1CCNCC1)NCC(=O)N1CCN(Cc2ccccc2)CC1. The quantitative estimate of drug-likeness (QED) is 0.756. The molecule has 6 nitrogen and oxygen atoms in total. The summed E-state index contributed by atoms with van der Waals surface area (Å²) in [7, 11) is 0. The molecular weight excluding hydrogens is 340 g/mol. The maximum Gasteiger partial charge on any atom is 0.242 e. The first-order valence-corrected chi connectivity index (χ1v) is 10.2. The van der Waals surface area contributed by atoms with Gasteiger partial charge in [0.2, 0.25) is 11.8 Å². The fourth-order valence-electron chi connectivity index (χ4n) is 3.88. The molecule has 2 heterocycles. The molecule has 0 unspecified atom stereocenters. The predicted octanol–water partition coefficient (Wildman–Crippen LogP) is 1.23. The summed E-state index contributed by atoms with van der Waals surface area (Å²) < 4.78 is 0. The number of hydrogen-bond acceptors (Lipinski definition) is 4. The van der Waals surface area contributed by atoms with Crippen LogP contribution in [0.1, 0.15) is 31.2 Å². The van der Waals surface area contributed by atoms with Crippen molar-refractivity contribution in [2.45, 2.75) is 32.2 Å². The molecule has 6 heteroatoms. The second-order valence-electron chi connectivity index (χ2n) is 7.65. The van der Waals surface area contributed by atoms with Gasteiger partial charge in [-0.3, -0.25) is 14.5 Å². The van der Waals surface area contributed by atoms with E-state index >= 15 is 0 Å². The van der Waals surface area contributed by atoms with Gasteiger partial charge in [-0.15, -0.1) is 0 Å². The zero-order valence-corrected chi connectivity index (χ0v) is 16.2. The summed E-state index contributed by atoms with van der Waals surface area (Å²) in [6, 6.07) is 10.4. The van der Waals surface area contributed by atoms with Gasteiger partial charge in [0.25, 0.3) is 0 Å². The van der Waals surface area contributed by atoms with Crippen molar-refractivity contribution in [1.29, 1.82) is 0 Å². The molecule has 0 spiro atoms. The molecule has 0 aromatic heterocycles. The topological polar surface area (TPSA) is 64.7 Å². The van der Waals surface area contributed by atoms with E-state index in [1.807, 2.05) is 11.0 Å². The summed E-state index contributed by atoms with van der Waals surface area (Å²) in [5.74, 6) is 0.680. The van der Waals surface area contributed by atoms with Crippen LogP contribution in [0.25, 0.3) is 0 Å². The molecule has 148 valence electrons. The average Bonchev–Trinajstić information content (AvgIpc) is 2.72. The summed E-state index contributed by atoms with van der Waals surface area (Å²) in [4.78, 5) is 28.6. The lowest BCUT2D eigenvalue weighted by molar-refractivity contribution is -0.134. The number of carbonyl (C=O) groups excluding carboxylic acids is 2. The Morgan fingerprint density at radius 2 is 1.74 bits per heavy atom. The minimum absolute atomic E-state index is 0.00426. The third kappa shape index (κ3) is 6.63. The Balaban J connectivity index is 1.30. The van der Waals surface area contributed by atoms with Gasteiger partial charge >= 0.3 is 0 Å². The molecule has 0 radical (unpaired) electrons.